The summed E-state index contributed by atoms with van der Waals surface area (Å²) in [6, 6.07) is 10.8. The smallest absolute Gasteiger partial charge is 0.254 e. The van der Waals surface area contributed by atoms with Crippen LogP contribution in [0.1, 0.15) is 15.9 Å². The van der Waals surface area contributed by atoms with Crippen LogP contribution in [-0.4, -0.2) is 39.2 Å². The van der Waals surface area contributed by atoms with Gasteiger partial charge in [0.05, 0.1) is 21.3 Å². The number of carbonyl (C=O) groups is 1. The first-order valence-corrected chi connectivity index (χ1v) is 8.08. The average molecular weight is 394 g/mol. The molecule has 0 bridgehead atoms. The van der Waals surface area contributed by atoms with E-state index < -0.39 is 0 Å². The second-order valence-electron chi connectivity index (χ2n) is 5.22. The molecule has 0 atom stereocenters. The van der Waals surface area contributed by atoms with Crippen LogP contribution < -0.4 is 14.2 Å². The summed E-state index contributed by atoms with van der Waals surface area (Å²) in [6.45, 7) is 0.418. The summed E-state index contributed by atoms with van der Waals surface area (Å²) >= 11 is 3.44. The standard InChI is InChI=1S/C18H20BrNO4/c1-20(11-13-7-14(19)5-6-17(13)24-4)18(21)12-8-15(22-2)10-16(9-12)23-3/h5-10H,11H2,1-4H3. The molecule has 0 spiro atoms. The van der Waals surface area contributed by atoms with Gasteiger partial charge in [0.2, 0.25) is 0 Å². The van der Waals surface area contributed by atoms with E-state index in [1.807, 2.05) is 18.2 Å². The lowest BCUT2D eigenvalue weighted by atomic mass is 10.1. The molecule has 0 aliphatic heterocycles. The molecule has 0 aliphatic rings. The topological polar surface area (TPSA) is 48.0 Å². The molecular formula is C18H20BrNO4. The second-order valence-corrected chi connectivity index (χ2v) is 6.13. The summed E-state index contributed by atoms with van der Waals surface area (Å²) in [7, 11) is 6.47. The van der Waals surface area contributed by atoms with E-state index in [0.29, 0.717) is 23.6 Å². The Balaban J connectivity index is 2.25. The van der Waals surface area contributed by atoms with Crippen molar-refractivity contribution in [2.24, 2.45) is 0 Å². The summed E-state index contributed by atoms with van der Waals surface area (Å²) < 4.78 is 16.7. The number of methoxy groups -OCH3 is 3. The van der Waals surface area contributed by atoms with Crippen LogP contribution >= 0.6 is 15.9 Å². The molecule has 0 aromatic heterocycles. The van der Waals surface area contributed by atoms with Crippen LogP contribution in [0.5, 0.6) is 17.2 Å². The highest BCUT2D eigenvalue weighted by Crippen LogP contribution is 2.26. The monoisotopic (exact) mass is 393 g/mol. The molecule has 0 radical (unpaired) electrons. The minimum atomic E-state index is -0.130. The van der Waals surface area contributed by atoms with Gasteiger partial charge < -0.3 is 19.1 Å². The van der Waals surface area contributed by atoms with Crippen molar-refractivity contribution in [3.05, 3.63) is 52.0 Å². The summed E-state index contributed by atoms with van der Waals surface area (Å²) in [5.74, 6) is 1.76. The molecule has 24 heavy (non-hydrogen) atoms. The van der Waals surface area contributed by atoms with Gasteiger partial charge in [0.1, 0.15) is 17.2 Å². The van der Waals surface area contributed by atoms with Gasteiger partial charge in [-0.25, -0.2) is 0 Å². The highest BCUT2D eigenvalue weighted by Gasteiger charge is 2.16. The lowest BCUT2D eigenvalue weighted by molar-refractivity contribution is 0.0783. The fourth-order valence-electron chi connectivity index (χ4n) is 2.35. The van der Waals surface area contributed by atoms with Crippen molar-refractivity contribution in [2.45, 2.75) is 6.54 Å². The van der Waals surface area contributed by atoms with Crippen LogP contribution in [0.4, 0.5) is 0 Å². The Morgan fingerprint density at radius 2 is 1.62 bits per heavy atom. The zero-order valence-electron chi connectivity index (χ0n) is 14.1. The maximum atomic E-state index is 12.7. The number of carbonyl (C=O) groups excluding carboxylic acids is 1. The van der Waals surface area contributed by atoms with Crippen molar-refractivity contribution in [3.8, 4) is 17.2 Å². The molecule has 0 aliphatic carbocycles. The Labute approximate surface area is 150 Å². The Bertz CT molecular complexity index is 711. The summed E-state index contributed by atoms with van der Waals surface area (Å²) in [5, 5.41) is 0. The van der Waals surface area contributed by atoms with E-state index in [1.165, 1.54) is 0 Å². The van der Waals surface area contributed by atoms with Crippen LogP contribution in [0.3, 0.4) is 0 Å². The summed E-state index contributed by atoms with van der Waals surface area (Å²) in [5.41, 5.74) is 1.42. The Kier molecular flexibility index (Phi) is 6.09. The molecule has 5 nitrogen and oxygen atoms in total. The highest BCUT2D eigenvalue weighted by atomic mass is 79.9. The van der Waals surface area contributed by atoms with E-state index in [9.17, 15) is 4.79 Å². The van der Waals surface area contributed by atoms with E-state index in [2.05, 4.69) is 15.9 Å². The molecule has 2 aromatic rings. The normalized spacial score (nSPS) is 10.2. The van der Waals surface area contributed by atoms with Crippen molar-refractivity contribution >= 4 is 21.8 Å². The van der Waals surface area contributed by atoms with Crippen molar-refractivity contribution in [1.82, 2.24) is 4.90 Å². The molecule has 0 heterocycles. The van der Waals surface area contributed by atoms with Gasteiger partial charge in [0, 0.05) is 35.3 Å². The fourth-order valence-corrected chi connectivity index (χ4v) is 2.76. The van der Waals surface area contributed by atoms with Gasteiger partial charge >= 0.3 is 0 Å². The number of hydrogen-bond acceptors (Lipinski definition) is 4. The largest absolute Gasteiger partial charge is 0.497 e. The predicted molar refractivity (Wildman–Crippen MR) is 96.0 cm³/mol. The SMILES string of the molecule is COc1cc(OC)cc(C(=O)N(C)Cc2cc(Br)ccc2OC)c1. The lowest BCUT2D eigenvalue weighted by Gasteiger charge is -2.20. The Morgan fingerprint density at radius 1 is 1.00 bits per heavy atom. The van der Waals surface area contributed by atoms with Gasteiger partial charge in [-0.05, 0) is 30.3 Å². The maximum absolute atomic E-state index is 12.7. The number of ether oxygens (including phenoxy) is 3. The van der Waals surface area contributed by atoms with Gasteiger partial charge in [0.25, 0.3) is 5.91 Å². The maximum Gasteiger partial charge on any atom is 0.254 e. The third-order valence-electron chi connectivity index (χ3n) is 3.60. The minimum absolute atomic E-state index is 0.130. The fraction of sp³-hybridized carbons (Fsp3) is 0.278. The second kappa shape index (κ2) is 8.06. The number of rotatable bonds is 6. The van der Waals surface area contributed by atoms with Crippen LogP contribution in [0, 0.1) is 0 Å². The Hall–Kier alpha value is -2.21. The highest BCUT2D eigenvalue weighted by molar-refractivity contribution is 9.10. The van der Waals surface area contributed by atoms with E-state index in [4.69, 9.17) is 14.2 Å². The number of halogens is 1. The van der Waals surface area contributed by atoms with Crippen molar-refractivity contribution in [1.29, 1.82) is 0 Å². The molecule has 0 fully saturated rings. The molecule has 0 N–H and O–H groups in total. The van der Waals surface area contributed by atoms with Gasteiger partial charge in [0.15, 0.2) is 0 Å². The molecule has 0 saturated carbocycles. The molecule has 128 valence electrons. The first-order valence-electron chi connectivity index (χ1n) is 7.29. The zero-order chi connectivity index (χ0) is 17.7. The number of benzene rings is 2. The van der Waals surface area contributed by atoms with Gasteiger partial charge in [-0.2, -0.15) is 0 Å². The first kappa shape index (κ1) is 18.1. The quantitative estimate of drug-likeness (QED) is 0.749. The van der Waals surface area contributed by atoms with Crippen LogP contribution in [0.15, 0.2) is 40.9 Å². The van der Waals surface area contributed by atoms with E-state index >= 15 is 0 Å². The van der Waals surface area contributed by atoms with E-state index in [0.717, 1.165) is 15.8 Å². The molecular weight excluding hydrogens is 374 g/mol. The molecule has 2 aromatic carbocycles. The number of amides is 1. The van der Waals surface area contributed by atoms with E-state index in [-0.39, 0.29) is 5.91 Å². The third-order valence-corrected chi connectivity index (χ3v) is 4.09. The van der Waals surface area contributed by atoms with E-state index in [1.54, 1.807) is 51.5 Å². The van der Waals surface area contributed by atoms with Crippen molar-refractivity contribution in [3.63, 3.8) is 0 Å². The first-order chi connectivity index (χ1) is 11.5. The van der Waals surface area contributed by atoms with Gasteiger partial charge in [-0.1, -0.05) is 15.9 Å². The number of nitrogens with zero attached hydrogens (tertiary/aromatic N) is 1. The Morgan fingerprint density at radius 3 is 2.17 bits per heavy atom. The molecule has 0 saturated heterocycles. The van der Waals surface area contributed by atoms with Crippen molar-refractivity contribution in [2.75, 3.05) is 28.4 Å². The summed E-state index contributed by atoms with van der Waals surface area (Å²) in [6.07, 6.45) is 0. The van der Waals surface area contributed by atoms with Crippen LogP contribution in [0.2, 0.25) is 0 Å². The van der Waals surface area contributed by atoms with Crippen LogP contribution in [0.25, 0.3) is 0 Å². The van der Waals surface area contributed by atoms with Gasteiger partial charge in [-0.15, -0.1) is 0 Å². The average Bonchev–Trinajstić information content (AvgIpc) is 2.60. The molecule has 0 unspecified atom stereocenters. The molecule has 1 amide bonds. The van der Waals surface area contributed by atoms with Crippen LogP contribution in [-0.2, 0) is 6.54 Å². The molecule has 2 rings (SSSR count). The lowest BCUT2D eigenvalue weighted by Crippen LogP contribution is -2.26. The molecule has 6 heteroatoms. The summed E-state index contributed by atoms with van der Waals surface area (Å²) in [4.78, 5) is 14.4. The van der Waals surface area contributed by atoms with Gasteiger partial charge in [-0.3, -0.25) is 4.79 Å². The van der Waals surface area contributed by atoms with Crippen molar-refractivity contribution < 1.29 is 19.0 Å². The zero-order valence-corrected chi connectivity index (χ0v) is 15.7. The minimum Gasteiger partial charge on any atom is -0.497 e. The predicted octanol–water partition coefficient (Wildman–Crippen LogP) is 3.75. The third kappa shape index (κ3) is 4.20. The number of hydrogen-bond donors (Lipinski definition) is 0.